The van der Waals surface area contributed by atoms with Crippen LogP contribution in [0.15, 0.2) is 30.3 Å². The first-order chi connectivity index (χ1) is 10.0. The number of ketones is 1. The highest BCUT2D eigenvalue weighted by Gasteiger charge is 2.34. The number of carboxylic acid groups (broad SMARTS) is 1. The van der Waals surface area contributed by atoms with Gasteiger partial charge in [0.15, 0.2) is 0 Å². The number of nitrogens with zero attached hydrogens (tertiary/aromatic N) is 1. The highest BCUT2D eigenvalue weighted by atomic mass is 35.5. The van der Waals surface area contributed by atoms with Gasteiger partial charge >= 0.3 is 5.97 Å². The van der Waals surface area contributed by atoms with E-state index in [2.05, 4.69) is 0 Å². The highest BCUT2D eigenvalue weighted by Crippen LogP contribution is 2.36. The van der Waals surface area contributed by atoms with Crippen molar-refractivity contribution in [1.82, 2.24) is 4.57 Å². The molecular formula is C15H11Cl2NO3. The van der Waals surface area contributed by atoms with E-state index in [0.29, 0.717) is 34.9 Å². The molecule has 0 fully saturated rings. The van der Waals surface area contributed by atoms with Crippen LogP contribution in [-0.2, 0) is 11.3 Å². The second kappa shape index (κ2) is 5.20. The van der Waals surface area contributed by atoms with Crippen LogP contribution in [0.2, 0.25) is 10.0 Å². The van der Waals surface area contributed by atoms with E-state index in [9.17, 15) is 14.7 Å². The Morgan fingerprint density at radius 1 is 1.19 bits per heavy atom. The fourth-order valence-electron chi connectivity index (χ4n) is 2.72. The fraction of sp³-hybridized carbons (Fsp3) is 0.200. The van der Waals surface area contributed by atoms with Crippen LogP contribution in [0.25, 0.3) is 0 Å². The number of carbonyl (C=O) groups excluding carboxylic acids is 1. The van der Waals surface area contributed by atoms with E-state index in [0.717, 1.165) is 0 Å². The average molecular weight is 324 g/mol. The predicted molar refractivity (Wildman–Crippen MR) is 79.3 cm³/mol. The molecule has 1 aromatic carbocycles. The second-order valence-corrected chi connectivity index (χ2v) is 5.72. The van der Waals surface area contributed by atoms with Crippen molar-refractivity contribution in [3.8, 4) is 0 Å². The molecule has 6 heteroatoms. The van der Waals surface area contributed by atoms with E-state index in [1.807, 2.05) is 0 Å². The number of halogens is 2. The number of benzene rings is 1. The minimum Gasteiger partial charge on any atom is -0.481 e. The molecule has 108 valence electrons. The lowest BCUT2D eigenvalue weighted by Gasteiger charge is -2.07. The number of hydrogen-bond donors (Lipinski definition) is 1. The van der Waals surface area contributed by atoms with Crippen LogP contribution in [0.3, 0.4) is 0 Å². The van der Waals surface area contributed by atoms with Gasteiger partial charge < -0.3 is 9.67 Å². The molecule has 4 nitrogen and oxygen atoms in total. The third-order valence-electron chi connectivity index (χ3n) is 3.71. The van der Waals surface area contributed by atoms with Gasteiger partial charge in [-0.2, -0.15) is 0 Å². The molecule has 2 heterocycles. The van der Waals surface area contributed by atoms with Gasteiger partial charge in [0.05, 0.1) is 16.0 Å². The largest absolute Gasteiger partial charge is 0.481 e. The molecule has 0 amide bonds. The molecule has 0 radical (unpaired) electrons. The summed E-state index contributed by atoms with van der Waals surface area (Å²) in [5, 5.41) is 9.81. The summed E-state index contributed by atoms with van der Waals surface area (Å²) in [5.41, 5.74) is 1.24. The zero-order chi connectivity index (χ0) is 15.1. The Morgan fingerprint density at radius 3 is 2.57 bits per heavy atom. The Bertz CT molecular complexity index is 751. The first kappa shape index (κ1) is 14.2. The highest BCUT2D eigenvalue weighted by molar-refractivity contribution is 6.38. The zero-order valence-corrected chi connectivity index (χ0v) is 12.4. The number of hydrogen-bond acceptors (Lipinski definition) is 2. The monoisotopic (exact) mass is 323 g/mol. The third kappa shape index (κ3) is 2.24. The number of aromatic nitrogens is 1. The normalized spacial score (nSPS) is 16.8. The summed E-state index contributed by atoms with van der Waals surface area (Å²) in [6.45, 7) is 0.463. The van der Waals surface area contributed by atoms with Crippen LogP contribution in [0.4, 0.5) is 0 Å². The van der Waals surface area contributed by atoms with Gasteiger partial charge in [0.25, 0.3) is 0 Å². The molecule has 1 atom stereocenters. The maximum atomic E-state index is 12.6. The van der Waals surface area contributed by atoms with E-state index in [1.165, 1.54) is 0 Å². The van der Waals surface area contributed by atoms with E-state index >= 15 is 0 Å². The molecule has 3 rings (SSSR count). The van der Waals surface area contributed by atoms with Crippen molar-refractivity contribution in [3.63, 3.8) is 0 Å². The molecule has 1 aliphatic rings. The fourth-order valence-corrected chi connectivity index (χ4v) is 3.24. The molecule has 21 heavy (non-hydrogen) atoms. The zero-order valence-electron chi connectivity index (χ0n) is 10.8. The summed E-state index contributed by atoms with van der Waals surface area (Å²) in [7, 11) is 0. The van der Waals surface area contributed by atoms with Gasteiger partial charge in [-0.3, -0.25) is 9.59 Å². The summed E-state index contributed by atoms with van der Waals surface area (Å²) in [6.07, 6.45) is 0.463. The molecule has 0 saturated carbocycles. The summed E-state index contributed by atoms with van der Waals surface area (Å²) in [6, 6.07) is 8.29. The summed E-state index contributed by atoms with van der Waals surface area (Å²) in [4.78, 5) is 23.9. The number of fused-ring (bicyclic) bond motifs is 1. The average Bonchev–Trinajstić information content (AvgIpc) is 2.96. The van der Waals surface area contributed by atoms with E-state index < -0.39 is 11.9 Å². The predicted octanol–water partition coefficient (Wildman–Crippen LogP) is 3.60. The number of carbonyl (C=O) groups is 2. The van der Waals surface area contributed by atoms with Crippen LogP contribution >= 0.6 is 23.2 Å². The molecule has 1 N–H and O–H groups in total. The topological polar surface area (TPSA) is 59.3 Å². The summed E-state index contributed by atoms with van der Waals surface area (Å²) >= 11 is 12.2. The molecule has 0 aliphatic carbocycles. The smallest absolute Gasteiger partial charge is 0.312 e. The molecule has 0 saturated heterocycles. The van der Waals surface area contributed by atoms with Crippen molar-refractivity contribution in [2.45, 2.75) is 18.9 Å². The summed E-state index contributed by atoms with van der Waals surface area (Å²) in [5.74, 6) is -1.81. The standard InChI is InChI=1S/C15H11Cl2NO3/c16-10-4-2-1-3-8(10)14(19)13-11(17)7-12-9(15(20)21)5-6-18(12)13/h1-4,7,9H,5-6H2,(H,20,21). The maximum Gasteiger partial charge on any atom is 0.312 e. The first-order valence-corrected chi connectivity index (χ1v) is 7.17. The number of carboxylic acids is 1. The van der Waals surface area contributed by atoms with Gasteiger partial charge in [-0.15, -0.1) is 0 Å². The number of aliphatic carboxylic acids is 1. The Morgan fingerprint density at radius 2 is 1.90 bits per heavy atom. The van der Waals surface area contributed by atoms with Crippen molar-refractivity contribution in [3.05, 3.63) is 57.3 Å². The van der Waals surface area contributed by atoms with Crippen LogP contribution in [0.1, 0.15) is 34.1 Å². The molecule has 1 aromatic heterocycles. The minimum absolute atomic E-state index is 0.265. The van der Waals surface area contributed by atoms with Crippen LogP contribution in [-0.4, -0.2) is 21.4 Å². The van der Waals surface area contributed by atoms with Gasteiger partial charge in [-0.25, -0.2) is 0 Å². The molecule has 2 aromatic rings. The Balaban J connectivity index is 2.09. The lowest BCUT2D eigenvalue weighted by Crippen LogP contribution is -2.10. The van der Waals surface area contributed by atoms with E-state index in [4.69, 9.17) is 23.2 Å². The second-order valence-electron chi connectivity index (χ2n) is 4.91. The van der Waals surface area contributed by atoms with Gasteiger partial charge in [-0.1, -0.05) is 35.3 Å². The lowest BCUT2D eigenvalue weighted by molar-refractivity contribution is -0.138. The van der Waals surface area contributed by atoms with Crippen molar-refractivity contribution < 1.29 is 14.7 Å². The maximum absolute atomic E-state index is 12.6. The van der Waals surface area contributed by atoms with Crippen molar-refractivity contribution >= 4 is 35.0 Å². The molecule has 1 unspecified atom stereocenters. The third-order valence-corrected chi connectivity index (χ3v) is 4.33. The van der Waals surface area contributed by atoms with E-state index in [-0.39, 0.29) is 10.8 Å². The quantitative estimate of drug-likeness (QED) is 0.878. The Hall–Kier alpha value is -1.78. The van der Waals surface area contributed by atoms with E-state index in [1.54, 1.807) is 34.9 Å². The van der Waals surface area contributed by atoms with Crippen molar-refractivity contribution in [2.24, 2.45) is 0 Å². The SMILES string of the molecule is O=C(c1ccccc1Cl)c1c(Cl)cc2n1CCC2C(=O)O. The Labute approximate surface area is 130 Å². The first-order valence-electron chi connectivity index (χ1n) is 6.41. The summed E-state index contributed by atoms with van der Waals surface area (Å²) < 4.78 is 1.69. The number of rotatable bonds is 3. The van der Waals surface area contributed by atoms with Gasteiger partial charge in [-0.05, 0) is 24.6 Å². The van der Waals surface area contributed by atoms with Gasteiger partial charge in [0.1, 0.15) is 5.69 Å². The molecular weight excluding hydrogens is 313 g/mol. The van der Waals surface area contributed by atoms with Crippen LogP contribution in [0.5, 0.6) is 0 Å². The minimum atomic E-state index is -0.903. The molecule has 0 bridgehead atoms. The Kier molecular flexibility index (Phi) is 3.51. The molecule has 1 aliphatic heterocycles. The molecule has 0 spiro atoms. The lowest BCUT2D eigenvalue weighted by atomic mass is 10.1. The van der Waals surface area contributed by atoms with Crippen molar-refractivity contribution in [1.29, 1.82) is 0 Å². The van der Waals surface area contributed by atoms with Crippen molar-refractivity contribution in [2.75, 3.05) is 0 Å². The van der Waals surface area contributed by atoms with Gasteiger partial charge in [0.2, 0.25) is 5.78 Å². The van der Waals surface area contributed by atoms with Crippen LogP contribution < -0.4 is 0 Å². The van der Waals surface area contributed by atoms with Gasteiger partial charge in [0, 0.05) is 17.8 Å². The van der Waals surface area contributed by atoms with Crippen LogP contribution in [0, 0.1) is 0 Å².